The van der Waals surface area contributed by atoms with E-state index in [-0.39, 0.29) is 5.92 Å². The fourth-order valence-electron chi connectivity index (χ4n) is 1.75. The number of methoxy groups -OCH3 is 1. The zero-order chi connectivity index (χ0) is 13.8. The molecule has 18 heavy (non-hydrogen) atoms. The van der Waals surface area contributed by atoms with E-state index in [9.17, 15) is 9.59 Å². The van der Waals surface area contributed by atoms with E-state index in [1.165, 1.54) is 31.6 Å². The van der Waals surface area contributed by atoms with E-state index in [1.54, 1.807) is 6.92 Å². The second kappa shape index (κ2) is 5.73. The summed E-state index contributed by atoms with van der Waals surface area (Å²) in [5.41, 5.74) is 4.75. The van der Waals surface area contributed by atoms with Crippen LogP contribution >= 0.6 is 0 Å². The molecule has 0 aliphatic heterocycles. The molecule has 2 atom stereocenters. The minimum absolute atomic E-state index is 0.314. The molecule has 0 aromatic carbocycles. The number of pyridine rings is 1. The van der Waals surface area contributed by atoms with Crippen LogP contribution in [0.25, 0.3) is 0 Å². The average Bonchev–Trinajstić information content (AvgIpc) is 2.44. The normalized spacial score (nSPS) is 15.6. The van der Waals surface area contributed by atoms with Gasteiger partial charge in [0.2, 0.25) is 0 Å². The third-order valence-electron chi connectivity index (χ3n) is 3.23. The van der Waals surface area contributed by atoms with Crippen molar-refractivity contribution in [2.45, 2.75) is 25.8 Å². The zero-order valence-electron chi connectivity index (χ0n) is 10.8. The number of ether oxygens (including phenoxy) is 1. The highest BCUT2D eigenvalue weighted by Crippen LogP contribution is 2.24. The van der Waals surface area contributed by atoms with Crippen LogP contribution < -0.4 is 5.73 Å². The summed E-state index contributed by atoms with van der Waals surface area (Å²) in [6, 6.07) is 3.07. The number of carbonyl (C=O) groups is 2. The summed E-state index contributed by atoms with van der Waals surface area (Å²) < 4.78 is 4.68. The number of Topliss-reactive ketones (excluding diaryl/α,β-unsaturated/α-hetero) is 1. The number of esters is 1. The molecule has 0 saturated carbocycles. The molecule has 0 amide bonds. The Labute approximate surface area is 106 Å². The van der Waals surface area contributed by atoms with E-state index in [0.29, 0.717) is 12.0 Å². The van der Waals surface area contributed by atoms with Gasteiger partial charge in [-0.3, -0.25) is 9.78 Å². The first-order valence-corrected chi connectivity index (χ1v) is 5.80. The molecular formula is C13H18N2O3. The lowest BCUT2D eigenvalue weighted by atomic mass is 9.78. The summed E-state index contributed by atoms with van der Waals surface area (Å²) in [6.45, 7) is 3.63. The maximum atomic E-state index is 12.4. The van der Waals surface area contributed by atoms with Crippen molar-refractivity contribution in [2.24, 2.45) is 11.7 Å². The van der Waals surface area contributed by atoms with Gasteiger partial charge in [-0.05, 0) is 18.1 Å². The van der Waals surface area contributed by atoms with Gasteiger partial charge in [0.05, 0.1) is 7.11 Å². The van der Waals surface area contributed by atoms with Crippen molar-refractivity contribution in [2.75, 3.05) is 7.11 Å². The summed E-state index contributed by atoms with van der Waals surface area (Å²) >= 11 is 0. The van der Waals surface area contributed by atoms with Crippen molar-refractivity contribution >= 4 is 11.8 Å². The second-order valence-corrected chi connectivity index (χ2v) is 4.23. The Balaban J connectivity index is 3.20. The maximum absolute atomic E-state index is 12.4. The van der Waals surface area contributed by atoms with Crippen LogP contribution in [-0.4, -0.2) is 29.4 Å². The van der Waals surface area contributed by atoms with Gasteiger partial charge in [-0.1, -0.05) is 20.3 Å². The molecule has 1 rings (SSSR count). The van der Waals surface area contributed by atoms with Crippen LogP contribution in [0.2, 0.25) is 0 Å². The van der Waals surface area contributed by atoms with Gasteiger partial charge in [0.15, 0.2) is 11.3 Å². The highest BCUT2D eigenvalue weighted by atomic mass is 16.5. The number of carbonyl (C=O) groups excluding carboxylic acids is 2. The Bertz CT molecular complexity index is 433. The first-order valence-electron chi connectivity index (χ1n) is 5.80. The van der Waals surface area contributed by atoms with E-state index >= 15 is 0 Å². The molecule has 1 aromatic heterocycles. The monoisotopic (exact) mass is 250 g/mol. The Morgan fingerprint density at radius 2 is 2.00 bits per heavy atom. The molecule has 5 heteroatoms. The number of ketones is 1. The van der Waals surface area contributed by atoms with Gasteiger partial charge in [0, 0.05) is 18.0 Å². The molecule has 0 fully saturated rings. The number of nitrogens with zero attached hydrogens (tertiary/aromatic N) is 1. The molecule has 5 nitrogen and oxygen atoms in total. The van der Waals surface area contributed by atoms with E-state index < -0.39 is 17.3 Å². The maximum Gasteiger partial charge on any atom is 0.334 e. The first kappa shape index (κ1) is 14.3. The van der Waals surface area contributed by atoms with Crippen LogP contribution in [0.15, 0.2) is 24.5 Å². The minimum Gasteiger partial charge on any atom is -0.467 e. The van der Waals surface area contributed by atoms with Crippen LogP contribution in [-0.2, 0) is 9.53 Å². The lowest BCUT2D eigenvalue weighted by molar-refractivity contribution is -0.146. The Morgan fingerprint density at radius 3 is 2.44 bits per heavy atom. The van der Waals surface area contributed by atoms with Gasteiger partial charge in [-0.2, -0.15) is 0 Å². The molecule has 0 unspecified atom stereocenters. The van der Waals surface area contributed by atoms with E-state index in [2.05, 4.69) is 9.72 Å². The SMILES string of the molecule is CC[C@H](C)[C@](N)(C(=O)OC)C(=O)c1ccncc1. The molecule has 0 saturated heterocycles. The van der Waals surface area contributed by atoms with Crippen molar-refractivity contribution in [3.05, 3.63) is 30.1 Å². The van der Waals surface area contributed by atoms with Gasteiger partial charge < -0.3 is 10.5 Å². The zero-order valence-corrected chi connectivity index (χ0v) is 10.8. The predicted molar refractivity (Wildman–Crippen MR) is 67.0 cm³/mol. The van der Waals surface area contributed by atoms with Gasteiger partial charge in [-0.25, -0.2) is 4.79 Å². The molecule has 98 valence electrons. The smallest absolute Gasteiger partial charge is 0.334 e. The lowest BCUT2D eigenvalue weighted by Gasteiger charge is -2.30. The minimum atomic E-state index is -1.65. The van der Waals surface area contributed by atoms with Gasteiger partial charge in [0.1, 0.15) is 0 Å². The number of nitrogens with two attached hydrogens (primary N) is 1. The standard InChI is InChI=1S/C13H18N2O3/c1-4-9(2)13(14,12(17)18-3)11(16)10-5-7-15-8-6-10/h5-9H,4,14H2,1-3H3/t9-,13+/m0/s1. The fraction of sp³-hybridized carbons (Fsp3) is 0.462. The first-order chi connectivity index (χ1) is 8.48. The topological polar surface area (TPSA) is 82.3 Å². The molecule has 1 aromatic rings. The Kier molecular flexibility index (Phi) is 4.55. The van der Waals surface area contributed by atoms with E-state index in [1.807, 2.05) is 6.92 Å². The van der Waals surface area contributed by atoms with Crippen LogP contribution in [0.5, 0.6) is 0 Å². The fourth-order valence-corrected chi connectivity index (χ4v) is 1.75. The van der Waals surface area contributed by atoms with Crippen LogP contribution in [0.1, 0.15) is 30.6 Å². The van der Waals surface area contributed by atoms with Gasteiger partial charge >= 0.3 is 5.97 Å². The van der Waals surface area contributed by atoms with Crippen LogP contribution in [0.3, 0.4) is 0 Å². The molecule has 0 aliphatic carbocycles. The van der Waals surface area contributed by atoms with Gasteiger partial charge in [0.25, 0.3) is 0 Å². The molecule has 0 radical (unpaired) electrons. The summed E-state index contributed by atoms with van der Waals surface area (Å²) in [4.78, 5) is 28.1. The number of hydrogen-bond donors (Lipinski definition) is 1. The Hall–Kier alpha value is -1.75. The van der Waals surface area contributed by atoms with E-state index in [4.69, 9.17) is 5.73 Å². The van der Waals surface area contributed by atoms with Crippen molar-refractivity contribution in [1.29, 1.82) is 0 Å². The predicted octanol–water partition coefficient (Wildman–Crippen LogP) is 1.18. The van der Waals surface area contributed by atoms with Crippen molar-refractivity contribution in [3.8, 4) is 0 Å². The van der Waals surface area contributed by atoms with Crippen LogP contribution in [0.4, 0.5) is 0 Å². The largest absolute Gasteiger partial charge is 0.467 e. The molecule has 0 spiro atoms. The van der Waals surface area contributed by atoms with Crippen LogP contribution in [0, 0.1) is 5.92 Å². The summed E-state index contributed by atoms with van der Waals surface area (Å²) in [7, 11) is 1.23. The van der Waals surface area contributed by atoms with Crippen molar-refractivity contribution in [3.63, 3.8) is 0 Å². The van der Waals surface area contributed by atoms with Gasteiger partial charge in [-0.15, -0.1) is 0 Å². The quantitative estimate of drug-likeness (QED) is 0.482. The van der Waals surface area contributed by atoms with E-state index in [0.717, 1.165) is 0 Å². The highest BCUT2D eigenvalue weighted by molar-refractivity contribution is 6.16. The molecule has 0 bridgehead atoms. The number of aromatic nitrogens is 1. The molecular weight excluding hydrogens is 232 g/mol. The van der Waals surface area contributed by atoms with Crippen molar-refractivity contribution < 1.29 is 14.3 Å². The third-order valence-corrected chi connectivity index (χ3v) is 3.23. The molecule has 1 heterocycles. The number of hydrogen-bond acceptors (Lipinski definition) is 5. The molecule has 2 N–H and O–H groups in total. The summed E-state index contributed by atoms with van der Waals surface area (Å²) in [5.74, 6) is -1.46. The summed E-state index contributed by atoms with van der Waals surface area (Å²) in [6.07, 6.45) is 3.57. The third kappa shape index (κ3) is 2.41. The highest BCUT2D eigenvalue weighted by Gasteiger charge is 2.47. The van der Waals surface area contributed by atoms with Crippen molar-refractivity contribution in [1.82, 2.24) is 4.98 Å². The number of rotatable bonds is 5. The second-order valence-electron chi connectivity index (χ2n) is 4.23. The average molecular weight is 250 g/mol. The summed E-state index contributed by atoms with van der Waals surface area (Å²) in [5, 5.41) is 0. The lowest BCUT2D eigenvalue weighted by Crippen LogP contribution is -2.60. The Morgan fingerprint density at radius 1 is 1.44 bits per heavy atom. The molecule has 0 aliphatic rings.